The van der Waals surface area contributed by atoms with Gasteiger partial charge in [0.05, 0.1) is 6.54 Å². The van der Waals surface area contributed by atoms with E-state index in [0.29, 0.717) is 19.0 Å². The van der Waals surface area contributed by atoms with Crippen LogP contribution in [0.1, 0.15) is 58.4 Å². The van der Waals surface area contributed by atoms with Crippen LogP contribution in [-0.4, -0.2) is 49.0 Å². The van der Waals surface area contributed by atoms with E-state index < -0.39 is 0 Å². The molecular weight excluding hydrogens is 477 g/mol. The number of nitrogens with one attached hydrogen (secondary N) is 3. The fourth-order valence-electron chi connectivity index (χ4n) is 3.50. The van der Waals surface area contributed by atoms with Crippen molar-refractivity contribution in [3.8, 4) is 0 Å². The summed E-state index contributed by atoms with van der Waals surface area (Å²) in [6.45, 7) is 11.3. The molecule has 29 heavy (non-hydrogen) atoms. The molecule has 1 aromatic rings. The molecule has 1 fully saturated rings. The summed E-state index contributed by atoms with van der Waals surface area (Å²) in [5.41, 5.74) is 1.93. The van der Waals surface area contributed by atoms with Crippen molar-refractivity contribution in [3.63, 3.8) is 0 Å². The van der Waals surface area contributed by atoms with Crippen molar-refractivity contribution in [2.24, 2.45) is 4.99 Å². The molecule has 7 heteroatoms. The molecule has 0 atom stereocenters. The first kappa shape index (κ1) is 25.7. The normalized spacial score (nSPS) is 15.5. The van der Waals surface area contributed by atoms with Gasteiger partial charge in [-0.1, -0.05) is 26.0 Å². The molecule has 0 bridgehead atoms. The summed E-state index contributed by atoms with van der Waals surface area (Å²) in [6.07, 6.45) is 4.94. The maximum atomic E-state index is 11.8. The number of halogens is 1. The van der Waals surface area contributed by atoms with Gasteiger partial charge in [0.1, 0.15) is 0 Å². The predicted octanol–water partition coefficient (Wildman–Crippen LogP) is 3.97. The Labute approximate surface area is 193 Å². The first-order chi connectivity index (χ1) is 13.6. The summed E-state index contributed by atoms with van der Waals surface area (Å²) in [5, 5.41) is 9.90. The van der Waals surface area contributed by atoms with Gasteiger partial charge in [-0.3, -0.25) is 4.79 Å². The second-order valence-electron chi connectivity index (χ2n) is 7.45. The molecule has 0 aromatic heterocycles. The van der Waals surface area contributed by atoms with Gasteiger partial charge in [-0.2, -0.15) is 0 Å². The van der Waals surface area contributed by atoms with Crippen LogP contribution in [0, 0.1) is 0 Å². The van der Waals surface area contributed by atoms with Crippen LogP contribution in [0.25, 0.3) is 0 Å². The highest BCUT2D eigenvalue weighted by Crippen LogP contribution is 2.13. The lowest BCUT2D eigenvalue weighted by atomic mass is 10.1. The Morgan fingerprint density at radius 1 is 1.17 bits per heavy atom. The van der Waals surface area contributed by atoms with Crippen LogP contribution < -0.4 is 16.0 Å². The fourth-order valence-corrected chi connectivity index (χ4v) is 3.50. The molecule has 164 valence electrons. The van der Waals surface area contributed by atoms with Crippen molar-refractivity contribution in [3.05, 3.63) is 29.8 Å². The van der Waals surface area contributed by atoms with Crippen molar-refractivity contribution in [2.45, 2.75) is 65.5 Å². The number of rotatable bonds is 9. The zero-order valence-electron chi connectivity index (χ0n) is 18.2. The summed E-state index contributed by atoms with van der Waals surface area (Å²) in [7, 11) is 0. The largest absolute Gasteiger partial charge is 0.357 e. The second-order valence-corrected chi connectivity index (χ2v) is 7.45. The van der Waals surface area contributed by atoms with E-state index in [9.17, 15) is 4.79 Å². The minimum Gasteiger partial charge on any atom is -0.357 e. The van der Waals surface area contributed by atoms with Gasteiger partial charge in [0.25, 0.3) is 0 Å². The SMILES string of the molecule is CCCC(=O)Nc1cccc(CN=C(NCC)NC2CCN(CCC)CC2)c1.I. The third kappa shape index (κ3) is 9.80. The number of nitrogens with zero attached hydrogens (tertiary/aromatic N) is 2. The number of guanidine groups is 1. The predicted molar refractivity (Wildman–Crippen MR) is 133 cm³/mol. The standard InChI is InChI=1S/C22H37N5O.HI/c1-4-8-21(28)25-20-10-7-9-18(16-20)17-24-22(23-6-3)26-19-11-14-27(13-5-2)15-12-19;/h7,9-10,16,19H,4-6,8,11-15,17H2,1-3H3,(H,25,28)(H2,23,24,26);1H. The topological polar surface area (TPSA) is 68.8 Å². The van der Waals surface area contributed by atoms with Crippen molar-refractivity contribution in [1.29, 1.82) is 0 Å². The minimum atomic E-state index is 0. The smallest absolute Gasteiger partial charge is 0.224 e. The molecule has 0 spiro atoms. The zero-order valence-corrected chi connectivity index (χ0v) is 20.5. The third-order valence-electron chi connectivity index (χ3n) is 4.92. The number of amides is 1. The average molecular weight is 515 g/mol. The highest BCUT2D eigenvalue weighted by atomic mass is 127. The lowest BCUT2D eigenvalue weighted by Crippen LogP contribution is -2.48. The Morgan fingerprint density at radius 2 is 1.93 bits per heavy atom. The molecule has 6 nitrogen and oxygen atoms in total. The molecular formula is C22H38IN5O. The second kappa shape index (κ2) is 14.6. The number of hydrogen-bond acceptors (Lipinski definition) is 3. The Morgan fingerprint density at radius 3 is 2.59 bits per heavy atom. The molecule has 0 aliphatic carbocycles. The monoisotopic (exact) mass is 515 g/mol. The van der Waals surface area contributed by atoms with E-state index in [1.807, 2.05) is 31.2 Å². The maximum absolute atomic E-state index is 11.8. The first-order valence-electron chi connectivity index (χ1n) is 10.8. The van der Waals surface area contributed by atoms with E-state index in [0.717, 1.165) is 56.1 Å². The Hall–Kier alpha value is -1.35. The van der Waals surface area contributed by atoms with Crippen molar-refractivity contribution >= 4 is 41.5 Å². The van der Waals surface area contributed by atoms with Gasteiger partial charge < -0.3 is 20.9 Å². The van der Waals surface area contributed by atoms with E-state index >= 15 is 0 Å². The molecule has 1 aliphatic heterocycles. The molecule has 1 aromatic carbocycles. The Balaban J connectivity index is 0.00000420. The zero-order chi connectivity index (χ0) is 20.2. The maximum Gasteiger partial charge on any atom is 0.224 e. The number of carbonyl (C=O) groups is 1. The lowest BCUT2D eigenvalue weighted by molar-refractivity contribution is -0.116. The first-order valence-corrected chi connectivity index (χ1v) is 10.8. The van der Waals surface area contributed by atoms with E-state index in [2.05, 4.69) is 34.7 Å². The minimum absolute atomic E-state index is 0. The molecule has 0 radical (unpaired) electrons. The summed E-state index contributed by atoms with van der Waals surface area (Å²) in [5.74, 6) is 0.935. The summed E-state index contributed by atoms with van der Waals surface area (Å²) < 4.78 is 0. The van der Waals surface area contributed by atoms with Crippen LogP contribution in [0.5, 0.6) is 0 Å². The molecule has 3 N–H and O–H groups in total. The van der Waals surface area contributed by atoms with Crippen LogP contribution >= 0.6 is 24.0 Å². The molecule has 1 amide bonds. The molecule has 1 heterocycles. The van der Waals surface area contributed by atoms with E-state index in [4.69, 9.17) is 4.99 Å². The quantitative estimate of drug-likeness (QED) is 0.265. The van der Waals surface area contributed by atoms with Gasteiger partial charge in [-0.25, -0.2) is 4.99 Å². The number of hydrogen-bond donors (Lipinski definition) is 3. The number of likely N-dealkylation sites (tertiary alicyclic amines) is 1. The molecule has 2 rings (SSSR count). The summed E-state index contributed by atoms with van der Waals surface area (Å²) in [4.78, 5) is 19.1. The number of benzene rings is 1. The van der Waals surface area contributed by atoms with Gasteiger partial charge in [-0.15, -0.1) is 24.0 Å². The Kier molecular flexibility index (Phi) is 12.9. The van der Waals surface area contributed by atoms with Gasteiger partial charge in [0.2, 0.25) is 5.91 Å². The van der Waals surface area contributed by atoms with Crippen molar-refractivity contribution < 1.29 is 4.79 Å². The van der Waals surface area contributed by atoms with E-state index in [-0.39, 0.29) is 29.9 Å². The van der Waals surface area contributed by atoms with Crippen LogP contribution in [0.3, 0.4) is 0 Å². The number of carbonyl (C=O) groups excluding carboxylic acids is 1. The van der Waals surface area contributed by atoms with E-state index in [1.54, 1.807) is 0 Å². The number of piperidine rings is 1. The third-order valence-corrected chi connectivity index (χ3v) is 4.92. The Bertz CT molecular complexity index is 629. The summed E-state index contributed by atoms with van der Waals surface area (Å²) in [6, 6.07) is 8.42. The molecule has 0 unspecified atom stereocenters. The molecule has 1 saturated heterocycles. The van der Waals surface area contributed by atoms with Crippen molar-refractivity contribution in [2.75, 3.05) is 31.5 Å². The van der Waals surface area contributed by atoms with Crippen LogP contribution in [0.2, 0.25) is 0 Å². The highest BCUT2D eigenvalue weighted by Gasteiger charge is 2.19. The van der Waals surface area contributed by atoms with E-state index in [1.165, 1.54) is 13.0 Å². The number of anilines is 1. The van der Waals surface area contributed by atoms with Gasteiger partial charge >= 0.3 is 0 Å². The highest BCUT2D eigenvalue weighted by molar-refractivity contribution is 14.0. The number of aliphatic imine (C=N–C) groups is 1. The summed E-state index contributed by atoms with van der Waals surface area (Å²) >= 11 is 0. The van der Waals surface area contributed by atoms with Gasteiger partial charge in [0.15, 0.2) is 5.96 Å². The average Bonchev–Trinajstić information content (AvgIpc) is 2.68. The van der Waals surface area contributed by atoms with Crippen LogP contribution in [0.15, 0.2) is 29.3 Å². The van der Waals surface area contributed by atoms with Gasteiger partial charge in [0, 0.05) is 37.8 Å². The molecule has 1 aliphatic rings. The fraction of sp³-hybridized carbons (Fsp3) is 0.636. The van der Waals surface area contributed by atoms with Crippen molar-refractivity contribution in [1.82, 2.24) is 15.5 Å². The van der Waals surface area contributed by atoms with Crippen LogP contribution in [-0.2, 0) is 11.3 Å². The van der Waals surface area contributed by atoms with Crippen LogP contribution in [0.4, 0.5) is 5.69 Å². The molecule has 0 saturated carbocycles. The lowest BCUT2D eigenvalue weighted by Gasteiger charge is -2.32. The van der Waals surface area contributed by atoms with Gasteiger partial charge in [-0.05, 0) is 56.8 Å².